The zero-order chi connectivity index (χ0) is 18.6. The van der Waals surface area contributed by atoms with Gasteiger partial charge in [0.2, 0.25) is 5.91 Å². The van der Waals surface area contributed by atoms with Crippen LogP contribution >= 0.6 is 0 Å². The van der Waals surface area contributed by atoms with E-state index in [1.807, 2.05) is 22.9 Å². The van der Waals surface area contributed by atoms with E-state index in [4.69, 9.17) is 4.74 Å². The SMILES string of the molecule is O=C(Nc1ccnn1C1CCN(Cc2ccc(F)cc2)CC1)[C@@H]1CCOC1. The summed E-state index contributed by atoms with van der Waals surface area (Å²) in [6.07, 6.45) is 4.46. The van der Waals surface area contributed by atoms with Crippen LogP contribution in [-0.4, -0.2) is 46.9 Å². The fourth-order valence-electron chi connectivity index (χ4n) is 3.84. The second kappa shape index (κ2) is 8.19. The number of nitrogens with one attached hydrogen (secondary N) is 1. The number of anilines is 1. The highest BCUT2D eigenvalue weighted by molar-refractivity contribution is 5.92. The number of halogens is 1. The lowest BCUT2D eigenvalue weighted by Crippen LogP contribution is -2.35. The van der Waals surface area contributed by atoms with E-state index < -0.39 is 0 Å². The van der Waals surface area contributed by atoms with E-state index in [0.29, 0.717) is 13.2 Å². The van der Waals surface area contributed by atoms with Crippen molar-refractivity contribution < 1.29 is 13.9 Å². The van der Waals surface area contributed by atoms with Gasteiger partial charge in [0.25, 0.3) is 0 Å². The van der Waals surface area contributed by atoms with Gasteiger partial charge in [-0.15, -0.1) is 0 Å². The van der Waals surface area contributed by atoms with E-state index in [-0.39, 0.29) is 23.7 Å². The molecule has 0 aliphatic carbocycles. The minimum absolute atomic E-state index is 0.0167. The predicted molar refractivity (Wildman–Crippen MR) is 99.7 cm³/mol. The van der Waals surface area contributed by atoms with Crippen molar-refractivity contribution in [2.24, 2.45) is 5.92 Å². The molecule has 4 rings (SSSR count). The third kappa shape index (κ3) is 4.36. The lowest BCUT2D eigenvalue weighted by molar-refractivity contribution is -0.119. The van der Waals surface area contributed by atoms with E-state index >= 15 is 0 Å². The number of rotatable bonds is 5. The second-order valence-corrected chi connectivity index (χ2v) is 7.34. The van der Waals surface area contributed by atoms with Crippen molar-refractivity contribution in [3.05, 3.63) is 47.9 Å². The van der Waals surface area contributed by atoms with Crippen molar-refractivity contribution in [3.8, 4) is 0 Å². The first-order chi connectivity index (χ1) is 13.2. The van der Waals surface area contributed by atoms with Gasteiger partial charge in [-0.05, 0) is 37.0 Å². The summed E-state index contributed by atoms with van der Waals surface area (Å²) in [6.45, 7) is 3.89. The van der Waals surface area contributed by atoms with Gasteiger partial charge in [0.15, 0.2) is 0 Å². The van der Waals surface area contributed by atoms with Crippen LogP contribution in [0.5, 0.6) is 0 Å². The van der Waals surface area contributed by atoms with Crippen LogP contribution in [-0.2, 0) is 16.1 Å². The van der Waals surface area contributed by atoms with Crippen LogP contribution in [0.4, 0.5) is 10.2 Å². The molecule has 2 saturated heterocycles. The summed E-state index contributed by atoms with van der Waals surface area (Å²) in [7, 11) is 0. The number of amides is 1. The summed E-state index contributed by atoms with van der Waals surface area (Å²) in [6, 6.07) is 8.84. The van der Waals surface area contributed by atoms with Crippen LogP contribution in [0.3, 0.4) is 0 Å². The van der Waals surface area contributed by atoms with Crippen molar-refractivity contribution >= 4 is 11.7 Å². The highest BCUT2D eigenvalue weighted by Crippen LogP contribution is 2.27. The quantitative estimate of drug-likeness (QED) is 0.877. The topological polar surface area (TPSA) is 59.4 Å². The van der Waals surface area contributed by atoms with Crippen molar-refractivity contribution in [2.75, 3.05) is 31.6 Å². The molecule has 3 heterocycles. The Morgan fingerprint density at radius 3 is 2.67 bits per heavy atom. The van der Waals surface area contributed by atoms with E-state index in [9.17, 15) is 9.18 Å². The average molecular weight is 372 g/mol. The molecule has 0 spiro atoms. The van der Waals surface area contributed by atoms with Crippen LogP contribution in [0, 0.1) is 11.7 Å². The first kappa shape index (κ1) is 18.1. The number of likely N-dealkylation sites (tertiary alicyclic amines) is 1. The van der Waals surface area contributed by atoms with Crippen molar-refractivity contribution in [1.82, 2.24) is 14.7 Å². The summed E-state index contributed by atoms with van der Waals surface area (Å²) in [4.78, 5) is 14.7. The van der Waals surface area contributed by atoms with E-state index in [1.54, 1.807) is 6.20 Å². The Bertz CT molecular complexity index is 763. The molecule has 1 atom stereocenters. The molecule has 0 unspecified atom stereocenters. The molecule has 2 aliphatic heterocycles. The van der Waals surface area contributed by atoms with Gasteiger partial charge in [-0.3, -0.25) is 9.69 Å². The third-order valence-corrected chi connectivity index (χ3v) is 5.44. The third-order valence-electron chi connectivity index (χ3n) is 5.44. The second-order valence-electron chi connectivity index (χ2n) is 7.34. The molecule has 1 aromatic heterocycles. The molecule has 1 amide bonds. The minimum atomic E-state index is -0.199. The molecule has 27 heavy (non-hydrogen) atoms. The Hall–Kier alpha value is -2.25. The molecule has 6 nitrogen and oxygen atoms in total. The Morgan fingerprint density at radius 1 is 1.19 bits per heavy atom. The minimum Gasteiger partial charge on any atom is -0.381 e. The number of ether oxygens (including phenoxy) is 1. The molecular formula is C20H25FN4O2. The normalized spacial score (nSPS) is 21.4. The van der Waals surface area contributed by atoms with Crippen LogP contribution < -0.4 is 5.32 Å². The number of carbonyl (C=O) groups excluding carboxylic acids is 1. The predicted octanol–water partition coefficient (Wildman–Crippen LogP) is 2.83. The summed E-state index contributed by atoms with van der Waals surface area (Å²) >= 11 is 0. The molecule has 7 heteroatoms. The molecule has 2 aromatic rings. The van der Waals surface area contributed by atoms with Gasteiger partial charge < -0.3 is 10.1 Å². The fourth-order valence-corrected chi connectivity index (χ4v) is 3.84. The summed E-state index contributed by atoms with van der Waals surface area (Å²) in [5.41, 5.74) is 1.13. The fraction of sp³-hybridized carbons (Fsp3) is 0.500. The van der Waals surface area contributed by atoms with Crippen molar-refractivity contribution in [2.45, 2.75) is 31.8 Å². The smallest absolute Gasteiger partial charge is 0.231 e. The molecule has 0 saturated carbocycles. The number of hydrogen-bond acceptors (Lipinski definition) is 4. The number of aromatic nitrogens is 2. The Kier molecular flexibility index (Phi) is 5.50. The van der Waals surface area contributed by atoms with Crippen LogP contribution in [0.25, 0.3) is 0 Å². The molecule has 0 radical (unpaired) electrons. The van der Waals surface area contributed by atoms with Crippen LogP contribution in [0.15, 0.2) is 36.5 Å². The number of benzene rings is 1. The highest BCUT2D eigenvalue weighted by Gasteiger charge is 2.26. The lowest BCUT2D eigenvalue weighted by atomic mass is 10.0. The van der Waals surface area contributed by atoms with Crippen molar-refractivity contribution in [3.63, 3.8) is 0 Å². The number of carbonyl (C=O) groups is 1. The van der Waals surface area contributed by atoms with Gasteiger partial charge in [0.05, 0.1) is 24.8 Å². The van der Waals surface area contributed by atoms with Gasteiger partial charge in [0, 0.05) is 32.3 Å². The van der Waals surface area contributed by atoms with Gasteiger partial charge in [0.1, 0.15) is 11.6 Å². The maximum absolute atomic E-state index is 13.0. The Labute approximate surface area is 158 Å². The van der Waals surface area contributed by atoms with Gasteiger partial charge >= 0.3 is 0 Å². The first-order valence-corrected chi connectivity index (χ1v) is 9.58. The average Bonchev–Trinajstić information content (AvgIpc) is 3.36. The largest absolute Gasteiger partial charge is 0.381 e. The molecule has 2 aliphatic rings. The Balaban J connectivity index is 1.32. The Morgan fingerprint density at radius 2 is 1.96 bits per heavy atom. The van der Waals surface area contributed by atoms with Crippen LogP contribution in [0.1, 0.15) is 30.9 Å². The molecule has 0 bridgehead atoms. The maximum Gasteiger partial charge on any atom is 0.231 e. The number of piperidine rings is 1. The lowest BCUT2D eigenvalue weighted by Gasteiger charge is -2.32. The van der Waals surface area contributed by atoms with Gasteiger partial charge in [-0.25, -0.2) is 9.07 Å². The molecule has 1 aromatic carbocycles. The van der Waals surface area contributed by atoms with Gasteiger partial charge in [-0.1, -0.05) is 12.1 Å². The van der Waals surface area contributed by atoms with Crippen molar-refractivity contribution in [1.29, 1.82) is 0 Å². The molecule has 1 N–H and O–H groups in total. The monoisotopic (exact) mass is 372 g/mol. The zero-order valence-electron chi connectivity index (χ0n) is 15.3. The van der Waals surface area contributed by atoms with Crippen LogP contribution in [0.2, 0.25) is 0 Å². The van der Waals surface area contributed by atoms with E-state index in [1.165, 1.54) is 12.1 Å². The highest BCUT2D eigenvalue weighted by atomic mass is 19.1. The summed E-state index contributed by atoms with van der Waals surface area (Å²) < 4.78 is 20.3. The molecular weight excluding hydrogens is 347 g/mol. The summed E-state index contributed by atoms with van der Waals surface area (Å²) in [5.74, 6) is 0.521. The number of nitrogens with zero attached hydrogens (tertiary/aromatic N) is 3. The molecule has 2 fully saturated rings. The summed E-state index contributed by atoms with van der Waals surface area (Å²) in [5, 5.41) is 7.47. The molecule has 144 valence electrons. The number of hydrogen-bond donors (Lipinski definition) is 1. The zero-order valence-corrected chi connectivity index (χ0v) is 15.3. The van der Waals surface area contributed by atoms with E-state index in [2.05, 4.69) is 15.3 Å². The standard InChI is InChI=1S/C20H25FN4O2/c21-17-3-1-15(2-4-17)13-24-10-6-18(7-11-24)25-19(5-9-22-25)23-20(26)16-8-12-27-14-16/h1-5,9,16,18H,6-8,10-14H2,(H,23,26)/t16-/m1/s1. The van der Waals surface area contributed by atoms with Gasteiger partial charge in [-0.2, -0.15) is 5.10 Å². The first-order valence-electron chi connectivity index (χ1n) is 9.58. The maximum atomic E-state index is 13.0. The van der Waals surface area contributed by atoms with E-state index in [0.717, 1.165) is 50.3 Å².